The third-order valence-electron chi connectivity index (χ3n) is 2.64. The summed E-state index contributed by atoms with van der Waals surface area (Å²) >= 11 is 0. The van der Waals surface area contributed by atoms with Crippen molar-refractivity contribution in [2.24, 2.45) is 0 Å². The van der Waals surface area contributed by atoms with E-state index < -0.39 is 0 Å². The summed E-state index contributed by atoms with van der Waals surface area (Å²) < 4.78 is 5.47. The van der Waals surface area contributed by atoms with E-state index in [1.165, 1.54) is 0 Å². The van der Waals surface area contributed by atoms with Crippen LogP contribution >= 0.6 is 0 Å². The zero-order valence-corrected chi connectivity index (χ0v) is 8.99. The molecule has 4 nitrogen and oxygen atoms in total. The number of nitrogens with zero attached hydrogens (tertiary/aromatic N) is 1. The van der Waals surface area contributed by atoms with Crippen LogP contribution in [0.5, 0.6) is 0 Å². The maximum Gasteiger partial charge on any atom is 0.0693 e. The maximum absolute atomic E-state index is 5.67. The lowest BCUT2D eigenvalue weighted by molar-refractivity contribution is 0.0540. The van der Waals surface area contributed by atoms with Gasteiger partial charge in [-0.05, 0) is 25.8 Å². The number of hydrogen-bond donors (Lipinski definition) is 2. The Morgan fingerprint density at radius 1 is 1.53 bits per heavy atom. The van der Waals surface area contributed by atoms with Gasteiger partial charge in [-0.2, -0.15) is 0 Å². The highest BCUT2D eigenvalue weighted by Crippen LogP contribution is 2.24. The fourth-order valence-electron chi connectivity index (χ4n) is 1.91. The molecule has 0 aliphatic carbocycles. The molecule has 0 aromatic carbocycles. The van der Waals surface area contributed by atoms with Gasteiger partial charge in [0, 0.05) is 12.8 Å². The van der Waals surface area contributed by atoms with E-state index in [1.807, 2.05) is 6.07 Å². The Bertz CT molecular complexity index is 334. The van der Waals surface area contributed by atoms with Crippen molar-refractivity contribution in [3.05, 3.63) is 18.5 Å². The van der Waals surface area contributed by atoms with Crippen LogP contribution in [0.3, 0.4) is 0 Å². The van der Waals surface area contributed by atoms with Gasteiger partial charge < -0.3 is 15.8 Å². The van der Waals surface area contributed by atoms with Crippen LogP contribution in [0, 0.1) is 0 Å². The normalized spacial score (nSPS) is 26.2. The molecule has 1 unspecified atom stereocenters. The average molecular weight is 207 g/mol. The van der Waals surface area contributed by atoms with Gasteiger partial charge in [-0.3, -0.25) is 4.98 Å². The second kappa shape index (κ2) is 4.06. The first-order valence-corrected chi connectivity index (χ1v) is 5.24. The minimum Gasteiger partial charge on any atom is -0.397 e. The van der Waals surface area contributed by atoms with Crippen molar-refractivity contribution in [2.75, 3.05) is 24.3 Å². The molecule has 0 saturated carbocycles. The fourth-order valence-corrected chi connectivity index (χ4v) is 1.91. The van der Waals surface area contributed by atoms with E-state index in [0.717, 1.165) is 31.7 Å². The molecule has 1 atom stereocenters. The Balaban J connectivity index is 2.06. The molecule has 82 valence electrons. The summed E-state index contributed by atoms with van der Waals surface area (Å²) in [6.07, 6.45) is 5.64. The van der Waals surface area contributed by atoms with Crippen molar-refractivity contribution in [1.29, 1.82) is 0 Å². The highest BCUT2D eigenvalue weighted by Gasteiger charge is 2.27. The lowest BCUT2D eigenvalue weighted by Gasteiger charge is -2.35. The molecule has 0 spiro atoms. The molecule has 3 N–H and O–H groups in total. The number of nitrogens with one attached hydrogen (secondary N) is 1. The van der Waals surface area contributed by atoms with Crippen molar-refractivity contribution in [2.45, 2.75) is 25.3 Å². The molecule has 1 aliphatic heterocycles. The molecule has 1 aliphatic rings. The summed E-state index contributed by atoms with van der Waals surface area (Å²) in [5.41, 5.74) is 7.32. The van der Waals surface area contributed by atoms with Gasteiger partial charge >= 0.3 is 0 Å². The molecule has 0 bridgehead atoms. The minimum absolute atomic E-state index is 0.00766. The van der Waals surface area contributed by atoms with Crippen molar-refractivity contribution < 1.29 is 4.74 Å². The van der Waals surface area contributed by atoms with Gasteiger partial charge in [0.2, 0.25) is 0 Å². The van der Waals surface area contributed by atoms with Crippen LogP contribution in [0.2, 0.25) is 0 Å². The Morgan fingerprint density at radius 3 is 3.07 bits per heavy atom. The standard InChI is InChI=1S/C11H17N3O/c1-11(3-2-4-15-8-11)14-10-5-9(12)6-13-7-10/h5-7,14H,2-4,8,12H2,1H3. The van der Waals surface area contributed by atoms with Crippen molar-refractivity contribution in [3.63, 3.8) is 0 Å². The first kappa shape index (κ1) is 10.2. The average Bonchev–Trinajstić information content (AvgIpc) is 2.18. The molecule has 4 heteroatoms. The predicted octanol–water partition coefficient (Wildman–Crippen LogP) is 1.64. The van der Waals surface area contributed by atoms with Gasteiger partial charge in [0.25, 0.3) is 0 Å². The van der Waals surface area contributed by atoms with Gasteiger partial charge in [0.1, 0.15) is 0 Å². The van der Waals surface area contributed by atoms with E-state index in [-0.39, 0.29) is 5.54 Å². The highest BCUT2D eigenvalue weighted by molar-refractivity contribution is 5.52. The van der Waals surface area contributed by atoms with E-state index in [1.54, 1.807) is 12.4 Å². The molecular formula is C11H17N3O. The molecule has 2 rings (SSSR count). The van der Waals surface area contributed by atoms with Crippen LogP contribution in [0.25, 0.3) is 0 Å². The highest BCUT2D eigenvalue weighted by atomic mass is 16.5. The quantitative estimate of drug-likeness (QED) is 0.774. The third kappa shape index (κ3) is 2.59. The third-order valence-corrected chi connectivity index (χ3v) is 2.64. The summed E-state index contributed by atoms with van der Waals surface area (Å²) in [4.78, 5) is 4.05. The zero-order valence-electron chi connectivity index (χ0n) is 8.99. The Hall–Kier alpha value is -1.29. The molecule has 1 aromatic heterocycles. The molecule has 1 fully saturated rings. The van der Waals surface area contributed by atoms with E-state index >= 15 is 0 Å². The number of ether oxygens (including phenoxy) is 1. The largest absolute Gasteiger partial charge is 0.397 e. The first-order chi connectivity index (χ1) is 7.18. The summed E-state index contributed by atoms with van der Waals surface area (Å²) in [7, 11) is 0. The molecular weight excluding hydrogens is 190 g/mol. The fraction of sp³-hybridized carbons (Fsp3) is 0.545. The van der Waals surface area contributed by atoms with Crippen molar-refractivity contribution in [1.82, 2.24) is 4.98 Å². The monoisotopic (exact) mass is 207 g/mol. The number of nitrogen functional groups attached to an aromatic ring is 1. The zero-order chi connectivity index (χ0) is 10.7. The number of aromatic nitrogens is 1. The second-order valence-corrected chi connectivity index (χ2v) is 4.35. The maximum atomic E-state index is 5.67. The SMILES string of the molecule is CC1(Nc2cncc(N)c2)CCCOC1. The van der Waals surface area contributed by atoms with Crippen LogP contribution in [0.4, 0.5) is 11.4 Å². The van der Waals surface area contributed by atoms with Crippen molar-refractivity contribution >= 4 is 11.4 Å². The van der Waals surface area contributed by atoms with Crippen LogP contribution in [-0.4, -0.2) is 23.7 Å². The number of pyridine rings is 1. The molecule has 1 aromatic rings. The van der Waals surface area contributed by atoms with E-state index in [4.69, 9.17) is 10.5 Å². The lowest BCUT2D eigenvalue weighted by Crippen LogP contribution is -2.43. The molecule has 15 heavy (non-hydrogen) atoms. The topological polar surface area (TPSA) is 60.2 Å². The Morgan fingerprint density at radius 2 is 2.40 bits per heavy atom. The molecule has 2 heterocycles. The smallest absolute Gasteiger partial charge is 0.0693 e. The van der Waals surface area contributed by atoms with Crippen LogP contribution < -0.4 is 11.1 Å². The summed E-state index contributed by atoms with van der Waals surface area (Å²) in [5.74, 6) is 0. The van der Waals surface area contributed by atoms with Gasteiger partial charge in [0.15, 0.2) is 0 Å². The number of hydrogen-bond acceptors (Lipinski definition) is 4. The van der Waals surface area contributed by atoms with E-state index in [0.29, 0.717) is 5.69 Å². The lowest BCUT2D eigenvalue weighted by atomic mass is 9.94. The molecule has 0 amide bonds. The van der Waals surface area contributed by atoms with Crippen LogP contribution in [0.15, 0.2) is 18.5 Å². The second-order valence-electron chi connectivity index (χ2n) is 4.35. The van der Waals surface area contributed by atoms with E-state index in [2.05, 4.69) is 17.2 Å². The summed E-state index contributed by atoms with van der Waals surface area (Å²) in [5, 5.41) is 3.43. The van der Waals surface area contributed by atoms with Gasteiger partial charge in [-0.1, -0.05) is 0 Å². The van der Waals surface area contributed by atoms with Gasteiger partial charge in [-0.25, -0.2) is 0 Å². The predicted molar refractivity (Wildman–Crippen MR) is 60.7 cm³/mol. The molecule has 0 radical (unpaired) electrons. The van der Waals surface area contributed by atoms with Gasteiger partial charge in [0.05, 0.1) is 29.7 Å². The molecule has 1 saturated heterocycles. The van der Waals surface area contributed by atoms with Crippen LogP contribution in [-0.2, 0) is 4.74 Å². The van der Waals surface area contributed by atoms with E-state index in [9.17, 15) is 0 Å². The summed E-state index contributed by atoms with van der Waals surface area (Å²) in [6.45, 7) is 3.77. The van der Waals surface area contributed by atoms with Crippen LogP contribution in [0.1, 0.15) is 19.8 Å². The summed E-state index contributed by atoms with van der Waals surface area (Å²) in [6, 6.07) is 1.90. The Labute approximate surface area is 89.8 Å². The van der Waals surface area contributed by atoms with Gasteiger partial charge in [-0.15, -0.1) is 0 Å². The minimum atomic E-state index is 0.00766. The van der Waals surface area contributed by atoms with Crippen molar-refractivity contribution in [3.8, 4) is 0 Å². The number of rotatable bonds is 2. The first-order valence-electron chi connectivity index (χ1n) is 5.24. The number of nitrogens with two attached hydrogens (primary N) is 1. The number of anilines is 2. The Kier molecular flexibility index (Phi) is 2.77.